The standard InChI is InChI=1S/C39H23N5O/c1-4-10-33-27(7-1)31-19-20-32-28-8-2-5-11-34(28)44(39-41-22-40-23-42-39)38(32)37(31)43(33)26-16-13-24(14-17-26)25-15-18-30-29-9-3-6-12-35(29)45-36(30)21-25/h1-23H. The van der Waals surface area contributed by atoms with E-state index in [1.54, 1.807) is 12.7 Å². The maximum Gasteiger partial charge on any atom is 0.237 e. The molecule has 0 atom stereocenters. The van der Waals surface area contributed by atoms with Gasteiger partial charge in [0.15, 0.2) is 0 Å². The van der Waals surface area contributed by atoms with Gasteiger partial charge in [0.1, 0.15) is 23.8 Å². The molecule has 0 radical (unpaired) electrons. The van der Waals surface area contributed by atoms with Gasteiger partial charge < -0.3 is 8.98 Å². The van der Waals surface area contributed by atoms with Crippen LogP contribution in [0, 0.1) is 0 Å². The number of aromatic nitrogens is 5. The summed E-state index contributed by atoms with van der Waals surface area (Å²) in [5.41, 5.74) is 9.51. The molecule has 0 bridgehead atoms. The van der Waals surface area contributed by atoms with Crippen LogP contribution in [-0.4, -0.2) is 24.1 Å². The van der Waals surface area contributed by atoms with Crippen molar-refractivity contribution in [1.29, 1.82) is 0 Å². The van der Waals surface area contributed by atoms with Crippen LogP contribution in [-0.2, 0) is 0 Å². The maximum atomic E-state index is 6.19. The van der Waals surface area contributed by atoms with Crippen molar-refractivity contribution in [2.45, 2.75) is 0 Å². The van der Waals surface area contributed by atoms with Crippen molar-refractivity contribution in [2.75, 3.05) is 0 Å². The molecule has 0 aliphatic heterocycles. The molecule has 0 amide bonds. The van der Waals surface area contributed by atoms with Crippen LogP contribution in [0.4, 0.5) is 0 Å². The van der Waals surface area contributed by atoms with E-state index in [0.717, 1.165) is 71.6 Å². The van der Waals surface area contributed by atoms with E-state index < -0.39 is 0 Å². The van der Waals surface area contributed by atoms with Gasteiger partial charge in [-0.05, 0) is 53.6 Å². The van der Waals surface area contributed by atoms with Crippen molar-refractivity contribution in [3.63, 3.8) is 0 Å². The molecule has 0 spiro atoms. The molecular weight excluding hydrogens is 554 g/mol. The molecule has 0 saturated carbocycles. The Hall–Kier alpha value is -6.27. The Bertz CT molecular complexity index is 2750. The van der Waals surface area contributed by atoms with Gasteiger partial charge in [-0.3, -0.25) is 4.57 Å². The first kappa shape index (κ1) is 24.2. The third-order valence-corrected chi connectivity index (χ3v) is 8.99. The average molecular weight is 578 g/mol. The third-order valence-electron chi connectivity index (χ3n) is 8.99. The van der Waals surface area contributed by atoms with E-state index in [1.807, 2.05) is 12.1 Å². The minimum atomic E-state index is 0.594. The summed E-state index contributed by atoms with van der Waals surface area (Å²) in [4.78, 5) is 13.3. The summed E-state index contributed by atoms with van der Waals surface area (Å²) in [5.74, 6) is 0.594. The fourth-order valence-corrected chi connectivity index (χ4v) is 7.03. The maximum absolute atomic E-state index is 6.19. The van der Waals surface area contributed by atoms with E-state index >= 15 is 0 Å². The van der Waals surface area contributed by atoms with Crippen LogP contribution in [0.5, 0.6) is 0 Å². The molecule has 4 heterocycles. The van der Waals surface area contributed by atoms with Gasteiger partial charge in [-0.15, -0.1) is 0 Å². The summed E-state index contributed by atoms with van der Waals surface area (Å²) in [6, 6.07) is 45.0. The lowest BCUT2D eigenvalue weighted by Crippen LogP contribution is -2.02. The van der Waals surface area contributed by atoms with Crippen LogP contribution in [0.1, 0.15) is 0 Å². The topological polar surface area (TPSA) is 61.7 Å². The molecule has 10 rings (SSSR count). The van der Waals surface area contributed by atoms with Gasteiger partial charge in [0.2, 0.25) is 5.95 Å². The van der Waals surface area contributed by atoms with Crippen molar-refractivity contribution in [1.82, 2.24) is 24.1 Å². The molecule has 6 nitrogen and oxygen atoms in total. The summed E-state index contributed by atoms with van der Waals surface area (Å²) in [6.45, 7) is 0. The molecule has 6 heteroatoms. The summed E-state index contributed by atoms with van der Waals surface area (Å²) >= 11 is 0. The van der Waals surface area contributed by atoms with Crippen LogP contribution in [0.25, 0.3) is 88.3 Å². The van der Waals surface area contributed by atoms with Crippen molar-refractivity contribution in [3.05, 3.63) is 140 Å². The largest absolute Gasteiger partial charge is 0.456 e. The molecule has 0 saturated heterocycles. The highest BCUT2D eigenvalue weighted by molar-refractivity contribution is 6.23. The second kappa shape index (κ2) is 9.11. The van der Waals surface area contributed by atoms with Gasteiger partial charge >= 0.3 is 0 Å². The third kappa shape index (κ3) is 3.42. The Kier molecular flexibility index (Phi) is 4.90. The molecule has 0 N–H and O–H groups in total. The summed E-state index contributed by atoms with van der Waals surface area (Å²) in [5, 5.41) is 6.95. The zero-order valence-corrected chi connectivity index (χ0v) is 23.9. The predicted octanol–water partition coefficient (Wildman–Crippen LogP) is 9.63. The van der Waals surface area contributed by atoms with Gasteiger partial charge in [0.05, 0.1) is 22.1 Å². The van der Waals surface area contributed by atoms with Gasteiger partial charge in [-0.2, -0.15) is 0 Å². The van der Waals surface area contributed by atoms with Crippen LogP contribution in [0.2, 0.25) is 0 Å². The summed E-state index contributed by atoms with van der Waals surface area (Å²) in [6.07, 6.45) is 3.11. The Morgan fingerprint density at radius 3 is 1.73 bits per heavy atom. The van der Waals surface area contributed by atoms with Crippen molar-refractivity contribution in [2.24, 2.45) is 0 Å². The van der Waals surface area contributed by atoms with E-state index in [9.17, 15) is 0 Å². The first-order valence-electron chi connectivity index (χ1n) is 14.9. The highest BCUT2D eigenvalue weighted by Gasteiger charge is 2.21. The van der Waals surface area contributed by atoms with Crippen molar-refractivity contribution < 1.29 is 4.42 Å². The predicted molar refractivity (Wildman–Crippen MR) is 181 cm³/mol. The van der Waals surface area contributed by atoms with E-state index in [4.69, 9.17) is 4.42 Å². The van der Waals surface area contributed by atoms with Gasteiger partial charge in [-0.25, -0.2) is 15.0 Å². The normalized spacial score (nSPS) is 12.0. The lowest BCUT2D eigenvalue weighted by atomic mass is 10.0. The second-order valence-electron chi connectivity index (χ2n) is 11.4. The van der Waals surface area contributed by atoms with Crippen LogP contribution in [0.3, 0.4) is 0 Å². The number of furan rings is 1. The van der Waals surface area contributed by atoms with Gasteiger partial charge in [0.25, 0.3) is 0 Å². The number of para-hydroxylation sites is 3. The number of benzene rings is 6. The minimum Gasteiger partial charge on any atom is -0.456 e. The highest BCUT2D eigenvalue weighted by atomic mass is 16.3. The first-order chi connectivity index (χ1) is 22.3. The Morgan fingerprint density at radius 2 is 1.00 bits per heavy atom. The molecule has 10 aromatic rings. The molecule has 0 fully saturated rings. The Balaban J connectivity index is 1.23. The molecule has 6 aromatic carbocycles. The second-order valence-corrected chi connectivity index (χ2v) is 11.4. The van der Waals surface area contributed by atoms with Crippen molar-refractivity contribution in [3.8, 4) is 22.8 Å². The van der Waals surface area contributed by atoms with Crippen LogP contribution >= 0.6 is 0 Å². The Labute approximate surface area is 256 Å². The van der Waals surface area contributed by atoms with E-state index in [0.29, 0.717) is 5.95 Å². The van der Waals surface area contributed by atoms with E-state index in [1.165, 1.54) is 10.8 Å². The average Bonchev–Trinajstić information content (AvgIpc) is 3.76. The van der Waals surface area contributed by atoms with Crippen molar-refractivity contribution >= 4 is 65.6 Å². The SMILES string of the molecule is c1ccc2c(c1)oc1cc(-c3ccc(-n4c5ccccc5c5ccc6c7ccccc7n(-c7ncncn7)c6c54)cc3)ccc12. The monoisotopic (exact) mass is 577 g/mol. The fraction of sp³-hybridized carbons (Fsp3) is 0. The molecule has 210 valence electrons. The first-order valence-corrected chi connectivity index (χ1v) is 14.9. The summed E-state index contributed by atoms with van der Waals surface area (Å²) < 4.78 is 10.7. The number of nitrogens with zero attached hydrogens (tertiary/aromatic N) is 5. The number of hydrogen-bond acceptors (Lipinski definition) is 4. The van der Waals surface area contributed by atoms with Gasteiger partial charge in [-0.1, -0.05) is 84.9 Å². The lowest BCUT2D eigenvalue weighted by Gasteiger charge is -2.12. The van der Waals surface area contributed by atoms with E-state index in [-0.39, 0.29) is 0 Å². The smallest absolute Gasteiger partial charge is 0.237 e. The zero-order valence-electron chi connectivity index (χ0n) is 23.9. The molecule has 0 aliphatic carbocycles. The lowest BCUT2D eigenvalue weighted by molar-refractivity contribution is 0.669. The minimum absolute atomic E-state index is 0.594. The number of fused-ring (bicyclic) bond motifs is 10. The Morgan fingerprint density at radius 1 is 0.444 bits per heavy atom. The molecule has 45 heavy (non-hydrogen) atoms. The quantitative estimate of drug-likeness (QED) is 0.210. The highest BCUT2D eigenvalue weighted by Crippen LogP contribution is 2.41. The zero-order chi connectivity index (χ0) is 29.5. The van der Waals surface area contributed by atoms with E-state index in [2.05, 4.69) is 139 Å². The number of rotatable bonds is 3. The van der Waals surface area contributed by atoms with Gasteiger partial charge in [0, 0.05) is 38.0 Å². The fourth-order valence-electron chi connectivity index (χ4n) is 7.03. The van der Waals surface area contributed by atoms with Crippen LogP contribution in [0.15, 0.2) is 144 Å². The number of hydrogen-bond donors (Lipinski definition) is 0. The molecule has 0 unspecified atom stereocenters. The van der Waals surface area contributed by atoms with Crippen LogP contribution < -0.4 is 0 Å². The molecule has 4 aromatic heterocycles. The molecular formula is C39H23N5O. The molecule has 0 aliphatic rings. The summed E-state index contributed by atoms with van der Waals surface area (Å²) in [7, 11) is 0.